The van der Waals surface area contributed by atoms with Crippen LogP contribution in [0.5, 0.6) is 0 Å². The maximum Gasteiger partial charge on any atom is 0.326 e. The normalized spacial score (nSPS) is 30.3. The first-order chi connectivity index (χ1) is 9.69. The maximum atomic E-state index is 12.5. The van der Waals surface area contributed by atoms with Crippen LogP contribution in [0.15, 0.2) is 0 Å². The van der Waals surface area contributed by atoms with E-state index in [1.807, 2.05) is 0 Å². The van der Waals surface area contributed by atoms with Gasteiger partial charge in [0.1, 0.15) is 6.04 Å². The molecule has 2 fully saturated rings. The lowest BCUT2D eigenvalue weighted by molar-refractivity contribution is -0.149. The predicted octanol–water partition coefficient (Wildman–Crippen LogP) is 1.85. The summed E-state index contributed by atoms with van der Waals surface area (Å²) in [6.45, 7) is 6.88. The smallest absolute Gasteiger partial charge is 0.326 e. The Balaban J connectivity index is 2.00. The van der Waals surface area contributed by atoms with Gasteiger partial charge in [-0.15, -0.1) is 0 Å². The van der Waals surface area contributed by atoms with Crippen molar-refractivity contribution in [3.05, 3.63) is 0 Å². The molecule has 21 heavy (non-hydrogen) atoms. The number of carboxylic acids is 1. The molecule has 1 saturated heterocycles. The summed E-state index contributed by atoms with van der Waals surface area (Å²) in [6.07, 6.45) is 4.08. The Hall–Kier alpha value is -1.10. The van der Waals surface area contributed by atoms with Crippen molar-refractivity contribution in [3.63, 3.8) is 0 Å². The van der Waals surface area contributed by atoms with Gasteiger partial charge in [-0.05, 0) is 36.5 Å². The summed E-state index contributed by atoms with van der Waals surface area (Å²) >= 11 is 0. The zero-order chi connectivity index (χ0) is 15.8. The second-order valence-electron chi connectivity index (χ2n) is 7.91. The topological polar surface area (TPSA) is 83.6 Å². The number of nitrogens with two attached hydrogens (primary N) is 1. The van der Waals surface area contributed by atoms with Crippen LogP contribution in [0, 0.1) is 17.3 Å². The zero-order valence-corrected chi connectivity index (χ0v) is 13.3. The van der Waals surface area contributed by atoms with E-state index in [-0.39, 0.29) is 29.7 Å². The first-order valence-corrected chi connectivity index (χ1v) is 7.97. The third-order valence-corrected chi connectivity index (χ3v) is 4.78. The first kappa shape index (κ1) is 16.3. The molecule has 3 N–H and O–H groups in total. The summed E-state index contributed by atoms with van der Waals surface area (Å²) < 4.78 is 0. The molecule has 2 rings (SSSR count). The average Bonchev–Trinajstić information content (AvgIpc) is 2.83. The van der Waals surface area contributed by atoms with Gasteiger partial charge in [-0.3, -0.25) is 4.79 Å². The van der Waals surface area contributed by atoms with Gasteiger partial charge in [-0.1, -0.05) is 27.2 Å². The molecular weight excluding hydrogens is 268 g/mol. The highest BCUT2D eigenvalue weighted by atomic mass is 16.4. The molecule has 5 heteroatoms. The van der Waals surface area contributed by atoms with Crippen molar-refractivity contribution in [2.75, 3.05) is 6.54 Å². The van der Waals surface area contributed by atoms with Gasteiger partial charge in [0.15, 0.2) is 0 Å². The monoisotopic (exact) mass is 296 g/mol. The number of rotatable bonds is 4. The fraction of sp³-hybridized carbons (Fsp3) is 0.875. The number of nitrogens with zero attached hydrogens (tertiary/aromatic N) is 1. The quantitative estimate of drug-likeness (QED) is 0.829. The van der Waals surface area contributed by atoms with Gasteiger partial charge in [0.05, 0.1) is 0 Å². The lowest BCUT2D eigenvalue weighted by Crippen LogP contribution is -2.45. The minimum absolute atomic E-state index is 0.0768. The lowest BCUT2D eigenvalue weighted by atomic mass is 9.87. The summed E-state index contributed by atoms with van der Waals surface area (Å²) in [5.74, 6) is -0.435. The Morgan fingerprint density at radius 3 is 2.57 bits per heavy atom. The fourth-order valence-electron chi connectivity index (χ4n) is 4.08. The Morgan fingerprint density at radius 2 is 2.00 bits per heavy atom. The number of hydrogen-bond acceptors (Lipinski definition) is 3. The van der Waals surface area contributed by atoms with Crippen LogP contribution in [0.1, 0.15) is 52.9 Å². The number of carbonyl (C=O) groups is 2. The molecule has 1 amide bonds. The van der Waals surface area contributed by atoms with E-state index in [0.717, 1.165) is 25.7 Å². The summed E-state index contributed by atoms with van der Waals surface area (Å²) in [5, 5.41) is 9.48. The Kier molecular flexibility index (Phi) is 4.61. The lowest BCUT2D eigenvalue weighted by Gasteiger charge is -2.27. The third kappa shape index (κ3) is 3.76. The molecule has 1 saturated carbocycles. The molecule has 0 radical (unpaired) electrons. The van der Waals surface area contributed by atoms with E-state index in [9.17, 15) is 14.7 Å². The second-order valence-corrected chi connectivity index (χ2v) is 7.91. The molecule has 0 aromatic carbocycles. The number of likely N-dealkylation sites (tertiary alicyclic amines) is 1. The minimum atomic E-state index is -0.859. The van der Waals surface area contributed by atoms with Crippen LogP contribution < -0.4 is 5.73 Å². The number of fused-ring (bicyclic) bond motifs is 1. The molecule has 120 valence electrons. The molecule has 0 bridgehead atoms. The molecule has 4 unspecified atom stereocenters. The summed E-state index contributed by atoms with van der Waals surface area (Å²) in [4.78, 5) is 25.6. The van der Waals surface area contributed by atoms with Crippen molar-refractivity contribution in [1.82, 2.24) is 4.90 Å². The van der Waals surface area contributed by atoms with E-state index in [2.05, 4.69) is 20.8 Å². The van der Waals surface area contributed by atoms with Gasteiger partial charge in [0.25, 0.3) is 0 Å². The first-order valence-electron chi connectivity index (χ1n) is 7.97. The fourth-order valence-corrected chi connectivity index (χ4v) is 4.08. The Bertz CT molecular complexity index is 416. The number of carbonyl (C=O) groups excluding carboxylic acids is 1. The number of hydrogen-bond donors (Lipinski definition) is 2. The molecular formula is C16H28N2O3. The largest absolute Gasteiger partial charge is 0.480 e. The van der Waals surface area contributed by atoms with E-state index >= 15 is 0 Å². The highest BCUT2D eigenvalue weighted by molar-refractivity contribution is 5.85. The van der Waals surface area contributed by atoms with Gasteiger partial charge < -0.3 is 15.7 Å². The second kappa shape index (κ2) is 5.95. The van der Waals surface area contributed by atoms with Crippen molar-refractivity contribution >= 4 is 11.9 Å². The Morgan fingerprint density at radius 1 is 1.33 bits per heavy atom. The molecule has 1 aliphatic heterocycles. The van der Waals surface area contributed by atoms with E-state index in [1.54, 1.807) is 4.90 Å². The predicted molar refractivity (Wildman–Crippen MR) is 80.6 cm³/mol. The van der Waals surface area contributed by atoms with Crippen LogP contribution in [0.4, 0.5) is 0 Å². The average molecular weight is 296 g/mol. The van der Waals surface area contributed by atoms with Crippen molar-refractivity contribution in [2.24, 2.45) is 23.0 Å². The maximum absolute atomic E-state index is 12.5. The highest BCUT2D eigenvalue weighted by Gasteiger charge is 2.49. The standard InChI is InChI=1S/C16H28N2O3/c1-16(2,3)8-11(17)7-13(19)18-9-10-5-4-6-12(10)14(18)15(20)21/h10-12,14H,4-9,17H2,1-3H3,(H,20,21). The summed E-state index contributed by atoms with van der Waals surface area (Å²) in [7, 11) is 0. The number of amides is 1. The van der Waals surface area contributed by atoms with Crippen LogP contribution >= 0.6 is 0 Å². The van der Waals surface area contributed by atoms with Crippen molar-refractivity contribution < 1.29 is 14.7 Å². The van der Waals surface area contributed by atoms with Crippen molar-refractivity contribution in [3.8, 4) is 0 Å². The van der Waals surface area contributed by atoms with Gasteiger partial charge in [0, 0.05) is 19.0 Å². The molecule has 0 aromatic rings. The summed E-state index contributed by atoms with van der Waals surface area (Å²) in [5.41, 5.74) is 6.15. The molecule has 0 aromatic heterocycles. The zero-order valence-electron chi connectivity index (χ0n) is 13.3. The molecule has 2 aliphatic rings. The summed E-state index contributed by atoms with van der Waals surface area (Å²) in [6, 6.07) is -0.834. The van der Waals surface area contributed by atoms with E-state index < -0.39 is 12.0 Å². The molecule has 4 atom stereocenters. The van der Waals surface area contributed by atoms with Gasteiger partial charge >= 0.3 is 5.97 Å². The molecule has 5 nitrogen and oxygen atoms in total. The molecule has 0 spiro atoms. The third-order valence-electron chi connectivity index (χ3n) is 4.78. The minimum Gasteiger partial charge on any atom is -0.480 e. The van der Waals surface area contributed by atoms with Crippen LogP contribution in [0.3, 0.4) is 0 Å². The number of carboxylic acid groups (broad SMARTS) is 1. The van der Waals surface area contributed by atoms with Gasteiger partial charge in [-0.25, -0.2) is 4.79 Å². The van der Waals surface area contributed by atoms with Gasteiger partial charge in [0.2, 0.25) is 5.91 Å². The SMILES string of the molecule is CC(C)(C)CC(N)CC(=O)N1CC2CCCC2C1C(=O)O. The molecule has 1 heterocycles. The Labute approximate surface area is 126 Å². The van der Waals surface area contributed by atoms with Crippen molar-refractivity contribution in [2.45, 2.75) is 65.0 Å². The van der Waals surface area contributed by atoms with Crippen LogP contribution in [0.2, 0.25) is 0 Å². The molecule has 1 aliphatic carbocycles. The van der Waals surface area contributed by atoms with Crippen molar-refractivity contribution in [1.29, 1.82) is 0 Å². The highest BCUT2D eigenvalue weighted by Crippen LogP contribution is 2.42. The van der Waals surface area contributed by atoms with E-state index in [1.165, 1.54) is 0 Å². The van der Waals surface area contributed by atoms with E-state index in [0.29, 0.717) is 12.5 Å². The number of aliphatic carboxylic acids is 1. The van der Waals surface area contributed by atoms with Gasteiger partial charge in [-0.2, -0.15) is 0 Å². The van der Waals surface area contributed by atoms with Crippen LogP contribution in [-0.2, 0) is 9.59 Å². The van der Waals surface area contributed by atoms with Crippen LogP contribution in [0.25, 0.3) is 0 Å². The van der Waals surface area contributed by atoms with E-state index in [4.69, 9.17) is 5.73 Å². The van der Waals surface area contributed by atoms with Crippen LogP contribution in [-0.4, -0.2) is 40.5 Å².